The molecule has 2 aliphatic rings. The van der Waals surface area contributed by atoms with Gasteiger partial charge in [-0.3, -0.25) is 0 Å². The molecule has 2 fully saturated rings. The van der Waals surface area contributed by atoms with Crippen LogP contribution in [0, 0.1) is 5.92 Å². The largest absolute Gasteiger partial charge is 0.384 e. The molecule has 0 radical (unpaired) electrons. The van der Waals surface area contributed by atoms with Crippen molar-refractivity contribution in [1.82, 2.24) is 15.2 Å². The van der Waals surface area contributed by atoms with Gasteiger partial charge in [0.05, 0.1) is 25.9 Å². The molecule has 1 aromatic rings. The number of hydrogen-bond donors (Lipinski definition) is 1. The minimum atomic E-state index is 0. The van der Waals surface area contributed by atoms with E-state index in [0.29, 0.717) is 12.5 Å². The Morgan fingerprint density at radius 2 is 2.25 bits per heavy atom. The lowest BCUT2D eigenvalue weighted by molar-refractivity contribution is 0.0529. The van der Waals surface area contributed by atoms with Crippen LogP contribution in [0.3, 0.4) is 0 Å². The van der Waals surface area contributed by atoms with Crippen molar-refractivity contribution < 1.29 is 9.47 Å². The van der Waals surface area contributed by atoms with Crippen LogP contribution in [-0.2, 0) is 16.0 Å². The van der Waals surface area contributed by atoms with Gasteiger partial charge >= 0.3 is 0 Å². The van der Waals surface area contributed by atoms with Gasteiger partial charge in [0.2, 0.25) is 0 Å². The van der Waals surface area contributed by atoms with Crippen molar-refractivity contribution >= 4 is 35.8 Å². The molecule has 1 N–H and O–H groups in total. The predicted octanol–water partition coefficient (Wildman–Crippen LogP) is 2.36. The molecular formula is C20H34IN5O2. The van der Waals surface area contributed by atoms with E-state index in [2.05, 4.69) is 46.1 Å². The Morgan fingerprint density at radius 1 is 1.39 bits per heavy atom. The second kappa shape index (κ2) is 11.8. The molecule has 0 spiro atoms. The van der Waals surface area contributed by atoms with Crippen molar-refractivity contribution in [3.8, 4) is 0 Å². The number of guanidine groups is 1. The molecule has 2 saturated heterocycles. The van der Waals surface area contributed by atoms with Crippen molar-refractivity contribution in [3.05, 3.63) is 23.9 Å². The summed E-state index contributed by atoms with van der Waals surface area (Å²) in [6, 6.07) is 4.21. The summed E-state index contributed by atoms with van der Waals surface area (Å²) >= 11 is 0. The van der Waals surface area contributed by atoms with Gasteiger partial charge in [-0.25, -0.2) is 9.98 Å². The number of aromatic nitrogens is 1. The molecule has 158 valence electrons. The number of nitrogens with zero attached hydrogens (tertiary/aromatic N) is 4. The van der Waals surface area contributed by atoms with E-state index in [4.69, 9.17) is 14.5 Å². The van der Waals surface area contributed by atoms with E-state index in [9.17, 15) is 0 Å². The first-order chi connectivity index (χ1) is 13.2. The molecule has 3 rings (SSSR count). The lowest BCUT2D eigenvalue weighted by atomic mass is 10.1. The zero-order valence-corrected chi connectivity index (χ0v) is 19.6. The molecule has 2 atom stereocenters. The van der Waals surface area contributed by atoms with Crippen LogP contribution in [0.15, 0.2) is 23.3 Å². The third-order valence-corrected chi connectivity index (χ3v) is 5.11. The first-order valence-electron chi connectivity index (χ1n) is 10.0. The summed E-state index contributed by atoms with van der Waals surface area (Å²) < 4.78 is 10.9. The number of nitrogens with one attached hydrogen (secondary N) is 1. The lowest BCUT2D eigenvalue weighted by Gasteiger charge is -2.32. The summed E-state index contributed by atoms with van der Waals surface area (Å²) in [6.45, 7) is 11.1. The number of likely N-dealkylation sites (tertiary alicyclic amines) is 1. The standard InChI is InChI=1S/C20H33N5O2.HI/c1-4-21-20(25-8-6-18(14-25)15-26-3)23-12-17-5-7-22-19(11-17)24-9-10-27-16(2)13-24;/h5,7,11,16,18H,4,6,8-10,12-15H2,1-3H3,(H,21,23);1H. The van der Waals surface area contributed by atoms with Crippen LogP contribution >= 0.6 is 24.0 Å². The van der Waals surface area contributed by atoms with E-state index in [-0.39, 0.29) is 30.1 Å². The molecule has 0 bridgehead atoms. The fourth-order valence-electron chi connectivity index (χ4n) is 3.75. The molecule has 1 aromatic heterocycles. The third kappa shape index (κ3) is 6.45. The van der Waals surface area contributed by atoms with Crippen LogP contribution in [0.1, 0.15) is 25.8 Å². The smallest absolute Gasteiger partial charge is 0.194 e. The van der Waals surface area contributed by atoms with Gasteiger partial charge in [-0.2, -0.15) is 0 Å². The maximum Gasteiger partial charge on any atom is 0.194 e. The van der Waals surface area contributed by atoms with Crippen LogP contribution in [0.4, 0.5) is 5.82 Å². The van der Waals surface area contributed by atoms with Gasteiger partial charge in [-0.15, -0.1) is 24.0 Å². The maximum atomic E-state index is 5.63. The zero-order chi connectivity index (χ0) is 19.1. The van der Waals surface area contributed by atoms with Crippen molar-refractivity contribution in [3.63, 3.8) is 0 Å². The van der Waals surface area contributed by atoms with E-state index in [0.717, 1.165) is 64.1 Å². The van der Waals surface area contributed by atoms with Crippen LogP contribution < -0.4 is 10.2 Å². The van der Waals surface area contributed by atoms with Gasteiger partial charge in [-0.1, -0.05) is 0 Å². The van der Waals surface area contributed by atoms with E-state index in [1.807, 2.05) is 6.20 Å². The predicted molar refractivity (Wildman–Crippen MR) is 124 cm³/mol. The summed E-state index contributed by atoms with van der Waals surface area (Å²) in [4.78, 5) is 14.1. The number of pyridine rings is 1. The molecule has 0 aliphatic carbocycles. The Labute approximate surface area is 185 Å². The van der Waals surface area contributed by atoms with Gasteiger partial charge in [0, 0.05) is 51.9 Å². The first-order valence-corrected chi connectivity index (χ1v) is 10.0. The molecule has 28 heavy (non-hydrogen) atoms. The van der Waals surface area contributed by atoms with Crippen molar-refractivity contribution in [2.75, 3.05) is 57.9 Å². The van der Waals surface area contributed by atoms with Gasteiger partial charge in [0.25, 0.3) is 0 Å². The van der Waals surface area contributed by atoms with E-state index in [1.54, 1.807) is 7.11 Å². The van der Waals surface area contributed by atoms with Crippen LogP contribution in [-0.4, -0.2) is 75.0 Å². The van der Waals surface area contributed by atoms with E-state index in [1.165, 1.54) is 5.56 Å². The summed E-state index contributed by atoms with van der Waals surface area (Å²) in [5, 5.41) is 3.43. The average molecular weight is 503 g/mol. The Hall–Kier alpha value is -1.13. The van der Waals surface area contributed by atoms with Gasteiger partial charge in [0.1, 0.15) is 5.82 Å². The zero-order valence-electron chi connectivity index (χ0n) is 17.3. The normalized spacial score (nSPS) is 22.9. The number of morpholine rings is 1. The van der Waals surface area contributed by atoms with Crippen LogP contribution in [0.5, 0.6) is 0 Å². The van der Waals surface area contributed by atoms with Gasteiger partial charge in [0.15, 0.2) is 5.96 Å². The van der Waals surface area contributed by atoms with Gasteiger partial charge < -0.3 is 24.6 Å². The van der Waals surface area contributed by atoms with Crippen molar-refractivity contribution in [1.29, 1.82) is 0 Å². The minimum absolute atomic E-state index is 0. The third-order valence-electron chi connectivity index (χ3n) is 5.11. The first kappa shape index (κ1) is 23.2. The SMILES string of the molecule is CCNC(=NCc1ccnc(N2CCOC(C)C2)c1)N1CCC(COC)C1.I. The number of ether oxygens (including phenoxy) is 2. The van der Waals surface area contributed by atoms with Crippen molar-refractivity contribution in [2.45, 2.75) is 32.9 Å². The summed E-state index contributed by atoms with van der Waals surface area (Å²) in [5.74, 6) is 2.60. The number of hydrogen-bond acceptors (Lipinski definition) is 5. The summed E-state index contributed by atoms with van der Waals surface area (Å²) in [5.41, 5.74) is 1.18. The molecule has 2 aliphatic heterocycles. The highest BCUT2D eigenvalue weighted by molar-refractivity contribution is 14.0. The molecular weight excluding hydrogens is 469 g/mol. The number of halogens is 1. The number of anilines is 1. The second-order valence-corrected chi connectivity index (χ2v) is 7.38. The molecule has 8 heteroatoms. The number of methoxy groups -OCH3 is 1. The van der Waals surface area contributed by atoms with Crippen molar-refractivity contribution in [2.24, 2.45) is 10.9 Å². The van der Waals surface area contributed by atoms with Crippen LogP contribution in [0.2, 0.25) is 0 Å². The highest BCUT2D eigenvalue weighted by Crippen LogP contribution is 2.18. The second-order valence-electron chi connectivity index (χ2n) is 7.38. The fourth-order valence-corrected chi connectivity index (χ4v) is 3.75. The Bertz CT molecular complexity index is 630. The highest BCUT2D eigenvalue weighted by atomic mass is 127. The van der Waals surface area contributed by atoms with E-state index < -0.39 is 0 Å². The summed E-state index contributed by atoms with van der Waals surface area (Å²) in [6.07, 6.45) is 3.29. The average Bonchev–Trinajstić information content (AvgIpc) is 3.14. The summed E-state index contributed by atoms with van der Waals surface area (Å²) in [7, 11) is 1.78. The van der Waals surface area contributed by atoms with Gasteiger partial charge in [-0.05, 0) is 38.0 Å². The number of rotatable bonds is 6. The molecule has 2 unspecified atom stereocenters. The molecule has 7 nitrogen and oxygen atoms in total. The molecule has 0 amide bonds. The lowest BCUT2D eigenvalue weighted by Crippen LogP contribution is -2.41. The van der Waals surface area contributed by atoms with E-state index >= 15 is 0 Å². The van der Waals surface area contributed by atoms with Crippen LogP contribution in [0.25, 0.3) is 0 Å². The Morgan fingerprint density at radius 3 is 3.00 bits per heavy atom. The number of aliphatic imine (C=N–C) groups is 1. The Kier molecular flexibility index (Phi) is 9.73. The molecule has 3 heterocycles. The molecule has 0 aromatic carbocycles. The molecule has 0 saturated carbocycles. The fraction of sp³-hybridized carbons (Fsp3) is 0.700. The maximum absolute atomic E-state index is 5.63. The highest BCUT2D eigenvalue weighted by Gasteiger charge is 2.24. The minimum Gasteiger partial charge on any atom is -0.384 e. The monoisotopic (exact) mass is 503 g/mol. The quantitative estimate of drug-likeness (QED) is 0.366. The Balaban J connectivity index is 0.00000280. The topological polar surface area (TPSA) is 62.2 Å².